The molecule has 3 aliphatic heterocycles. The van der Waals surface area contributed by atoms with E-state index in [1.807, 2.05) is 0 Å². The Labute approximate surface area is 511 Å². The summed E-state index contributed by atoms with van der Waals surface area (Å²) in [4.78, 5) is 5.32. The molecule has 3 aliphatic rings. The predicted octanol–water partition coefficient (Wildman–Crippen LogP) is 20.0. The largest absolute Gasteiger partial charge is 0.456 e. The molecule has 0 N–H and O–H groups in total. The fraction of sp³-hybridized carbons (Fsp3) is 0.0488. The molecule has 414 valence electrons. The number of hydrogen-bond donors (Lipinski definition) is 0. The van der Waals surface area contributed by atoms with Crippen LogP contribution in [0.1, 0.15) is 26.3 Å². The minimum absolute atomic E-state index is 0.185. The van der Waals surface area contributed by atoms with Crippen molar-refractivity contribution in [3.8, 4) is 67.4 Å². The molecule has 5 nitrogen and oxygen atoms in total. The molecule has 18 rings (SSSR count). The maximum atomic E-state index is 7.18. The molecule has 6 heteroatoms. The average molecular weight is 1130 g/mol. The Kier molecular flexibility index (Phi) is 11.0. The van der Waals surface area contributed by atoms with Crippen LogP contribution in [0, 0.1) is 0 Å². The summed E-state index contributed by atoms with van der Waals surface area (Å²) in [6.07, 6.45) is 0. The van der Waals surface area contributed by atoms with Crippen LogP contribution in [0.25, 0.3) is 99.5 Å². The van der Waals surface area contributed by atoms with Crippen LogP contribution in [-0.2, 0) is 5.41 Å². The monoisotopic (exact) mass is 1120 g/mol. The van der Waals surface area contributed by atoms with Gasteiger partial charge in [-0.1, -0.05) is 233 Å². The zero-order valence-corrected chi connectivity index (χ0v) is 49.0. The molecule has 0 bridgehead atoms. The van der Waals surface area contributed by atoms with Crippen molar-refractivity contribution in [3.63, 3.8) is 0 Å². The summed E-state index contributed by atoms with van der Waals surface area (Å²) in [7, 11) is 0. The smallest absolute Gasteiger partial charge is 0.252 e. The highest BCUT2D eigenvalue weighted by Crippen LogP contribution is 2.56. The quantitative estimate of drug-likeness (QED) is 0.161. The fourth-order valence-electron chi connectivity index (χ4n) is 14.9. The van der Waals surface area contributed by atoms with E-state index in [4.69, 9.17) is 4.74 Å². The maximum Gasteiger partial charge on any atom is 0.252 e. The lowest BCUT2D eigenvalue weighted by molar-refractivity contribution is 0.486. The topological polar surface area (TPSA) is 25.6 Å². The Morgan fingerprint density at radius 2 is 0.739 bits per heavy atom. The SMILES string of the molecule is CC(C)(C)c1cc(-c2ccccc2)c(N2c3cc(-n4c5ccccc5c5ccccc54)ccc3B3c4cccc5c4N(c4ccccc4-c4ccccc4Oc4ccccc4-5)c4cc(-n5c6ccccc6c6ccccc65)cc2c43)c(-c2ccccc2)c1. The second-order valence-corrected chi connectivity index (χ2v) is 24.7. The number of hydrogen-bond acceptors (Lipinski definition) is 3. The average Bonchev–Trinajstić information content (AvgIpc) is 0.754. The van der Waals surface area contributed by atoms with Crippen LogP contribution in [0.4, 0.5) is 34.1 Å². The Morgan fingerprint density at radius 3 is 1.28 bits per heavy atom. The third-order valence-corrected chi connectivity index (χ3v) is 18.8. The number of rotatable bonds is 5. The van der Waals surface area contributed by atoms with Gasteiger partial charge in [0.15, 0.2) is 0 Å². The van der Waals surface area contributed by atoms with Gasteiger partial charge in [-0.05, 0) is 117 Å². The van der Waals surface area contributed by atoms with Gasteiger partial charge in [-0.15, -0.1) is 0 Å². The van der Waals surface area contributed by atoms with Crippen molar-refractivity contribution in [2.45, 2.75) is 26.2 Å². The van der Waals surface area contributed by atoms with E-state index in [-0.39, 0.29) is 12.1 Å². The van der Waals surface area contributed by atoms with Crippen LogP contribution in [0.15, 0.2) is 291 Å². The van der Waals surface area contributed by atoms with Crippen molar-refractivity contribution < 1.29 is 4.74 Å². The van der Waals surface area contributed by atoms with Crippen LogP contribution in [-0.4, -0.2) is 15.8 Å². The van der Waals surface area contributed by atoms with E-state index in [1.54, 1.807) is 0 Å². The first-order valence-corrected chi connectivity index (χ1v) is 30.6. The van der Waals surface area contributed by atoms with Crippen molar-refractivity contribution in [2.24, 2.45) is 0 Å². The highest BCUT2D eigenvalue weighted by molar-refractivity contribution is 7.00. The molecule has 15 aromatic rings. The number of nitrogens with zero attached hydrogens (tertiary/aromatic N) is 4. The standard InChI is InChI=1S/C82H57BN4O/c1-82(2,3)54-47-65(52-25-6-4-7-26-52)80(66(48-54)53-27-8-5-9-28-53)87-74-49-55(84-69-38-17-10-29-57(69)58-30-11-18-39-70(58)84)45-46-67(74)83-68-37-24-36-64-63-35-16-23-44-78(63)88-77-43-22-15-34-62(77)61-33-14-21-42-73(61)86(81(64)68)75-50-56(51-76(87)79(75)83)85-71-40-19-12-31-59(71)60-32-13-20-41-72(60)85/h4-51H,1-3H3. The summed E-state index contributed by atoms with van der Waals surface area (Å²) < 4.78 is 12.2. The summed E-state index contributed by atoms with van der Waals surface area (Å²) in [5, 5.41) is 4.87. The van der Waals surface area contributed by atoms with Crippen LogP contribution >= 0.6 is 0 Å². The summed E-state index contributed by atoms with van der Waals surface area (Å²) >= 11 is 0. The molecular weight excluding hydrogens is 1070 g/mol. The second kappa shape index (κ2) is 19.2. The molecule has 0 saturated heterocycles. The molecule has 2 aromatic heterocycles. The van der Waals surface area contributed by atoms with Gasteiger partial charge in [0, 0.05) is 83.4 Å². The number of para-hydroxylation sites is 8. The zero-order chi connectivity index (χ0) is 58.4. The van der Waals surface area contributed by atoms with E-state index in [0.29, 0.717) is 0 Å². The van der Waals surface area contributed by atoms with E-state index >= 15 is 0 Å². The molecule has 88 heavy (non-hydrogen) atoms. The van der Waals surface area contributed by atoms with Crippen molar-refractivity contribution >= 4 is 101 Å². The molecule has 13 aromatic carbocycles. The minimum atomic E-state index is -0.230. The van der Waals surface area contributed by atoms with Crippen LogP contribution in [0.3, 0.4) is 0 Å². The van der Waals surface area contributed by atoms with E-state index in [0.717, 1.165) is 124 Å². The highest BCUT2D eigenvalue weighted by Gasteiger charge is 2.46. The van der Waals surface area contributed by atoms with Gasteiger partial charge in [0.1, 0.15) is 11.5 Å². The molecule has 0 spiro atoms. The van der Waals surface area contributed by atoms with Gasteiger partial charge < -0.3 is 23.7 Å². The summed E-state index contributed by atoms with van der Waals surface area (Å²) in [6, 6.07) is 108. The summed E-state index contributed by atoms with van der Waals surface area (Å²) in [6.45, 7) is 6.80. The van der Waals surface area contributed by atoms with Gasteiger partial charge in [0.25, 0.3) is 6.71 Å². The molecule has 0 unspecified atom stereocenters. The van der Waals surface area contributed by atoms with E-state index < -0.39 is 0 Å². The molecule has 0 atom stereocenters. The van der Waals surface area contributed by atoms with Gasteiger partial charge in [0.05, 0.1) is 39.1 Å². The van der Waals surface area contributed by atoms with Crippen molar-refractivity contribution in [2.75, 3.05) is 9.80 Å². The molecule has 0 aliphatic carbocycles. The van der Waals surface area contributed by atoms with Gasteiger partial charge in [-0.2, -0.15) is 0 Å². The van der Waals surface area contributed by atoms with Gasteiger partial charge in [-0.3, -0.25) is 0 Å². The molecule has 0 fully saturated rings. The van der Waals surface area contributed by atoms with Crippen LogP contribution < -0.4 is 30.9 Å². The Balaban J connectivity index is 1.06. The number of anilines is 6. The first kappa shape index (κ1) is 50.3. The number of fused-ring (bicyclic) bond motifs is 16. The fourth-order valence-corrected chi connectivity index (χ4v) is 14.9. The zero-order valence-electron chi connectivity index (χ0n) is 49.0. The lowest BCUT2D eigenvalue weighted by Gasteiger charge is -2.46. The van der Waals surface area contributed by atoms with Gasteiger partial charge in [0.2, 0.25) is 0 Å². The van der Waals surface area contributed by atoms with Crippen LogP contribution in [0.5, 0.6) is 11.5 Å². The van der Waals surface area contributed by atoms with Crippen molar-refractivity contribution in [1.29, 1.82) is 0 Å². The van der Waals surface area contributed by atoms with Crippen LogP contribution in [0.2, 0.25) is 0 Å². The van der Waals surface area contributed by atoms with E-state index in [9.17, 15) is 0 Å². The lowest BCUT2D eigenvalue weighted by Crippen LogP contribution is -2.61. The lowest BCUT2D eigenvalue weighted by atomic mass is 9.33. The third-order valence-electron chi connectivity index (χ3n) is 18.8. The Bertz CT molecular complexity index is 5210. The molecule has 0 saturated carbocycles. The van der Waals surface area contributed by atoms with Crippen molar-refractivity contribution in [3.05, 3.63) is 297 Å². The maximum absolute atomic E-state index is 7.18. The molecular formula is C82H57BN4O. The summed E-state index contributed by atoms with van der Waals surface area (Å²) in [5.74, 6) is 1.61. The molecule has 0 amide bonds. The number of benzene rings is 13. The Morgan fingerprint density at radius 1 is 0.307 bits per heavy atom. The van der Waals surface area contributed by atoms with Gasteiger partial charge in [-0.25, -0.2) is 0 Å². The predicted molar refractivity (Wildman–Crippen MR) is 370 cm³/mol. The summed E-state index contributed by atoms with van der Waals surface area (Å²) in [5.41, 5.74) is 27.0. The second-order valence-electron chi connectivity index (χ2n) is 24.7. The first-order chi connectivity index (χ1) is 43.3. The van der Waals surface area contributed by atoms with Crippen molar-refractivity contribution in [1.82, 2.24) is 9.13 Å². The Hall–Kier alpha value is -11.1. The number of aromatic nitrogens is 2. The van der Waals surface area contributed by atoms with Gasteiger partial charge >= 0.3 is 0 Å². The molecule has 5 heterocycles. The molecule has 0 radical (unpaired) electrons. The minimum Gasteiger partial charge on any atom is -0.456 e. The number of ether oxygens (including phenoxy) is 1. The van der Waals surface area contributed by atoms with E-state index in [1.165, 1.54) is 43.5 Å². The normalized spacial score (nSPS) is 13.0. The third kappa shape index (κ3) is 7.42. The highest BCUT2D eigenvalue weighted by atomic mass is 16.5. The van der Waals surface area contributed by atoms with E-state index in [2.05, 4.69) is 331 Å². The first-order valence-electron chi connectivity index (χ1n) is 30.6.